The molecule has 136 valence electrons. The first-order valence-corrected chi connectivity index (χ1v) is 9.57. The molecule has 0 fully saturated rings. The Kier molecular flexibility index (Phi) is 4.97. The summed E-state index contributed by atoms with van der Waals surface area (Å²) in [5.74, 6) is 0.963. The fraction of sp³-hybridized carbons (Fsp3) is 0.211. The maximum atomic E-state index is 12.5. The van der Waals surface area contributed by atoms with E-state index in [1.807, 2.05) is 54.1 Å². The number of hydrazone groups is 1. The maximum absolute atomic E-state index is 12.5. The van der Waals surface area contributed by atoms with Crippen LogP contribution in [0, 0.1) is 0 Å². The Hall–Kier alpha value is -3.00. The van der Waals surface area contributed by atoms with Crippen LogP contribution >= 0.6 is 11.8 Å². The Morgan fingerprint density at radius 2 is 1.93 bits per heavy atom. The molecule has 0 aliphatic carbocycles. The van der Waals surface area contributed by atoms with Crippen LogP contribution in [-0.4, -0.2) is 48.7 Å². The van der Waals surface area contributed by atoms with E-state index in [4.69, 9.17) is 0 Å². The molecule has 0 spiro atoms. The van der Waals surface area contributed by atoms with Crippen LogP contribution in [0.3, 0.4) is 0 Å². The lowest BCUT2D eigenvalue weighted by Gasteiger charge is -2.10. The molecule has 0 radical (unpaired) electrons. The average molecular weight is 378 g/mol. The zero-order valence-electron chi connectivity index (χ0n) is 14.8. The van der Waals surface area contributed by atoms with E-state index in [9.17, 15) is 4.79 Å². The van der Waals surface area contributed by atoms with Crippen molar-refractivity contribution >= 4 is 23.4 Å². The number of pyridine rings is 1. The molecule has 0 saturated carbocycles. The molecule has 1 aliphatic rings. The highest BCUT2D eigenvalue weighted by Gasteiger charge is 2.22. The number of thioether (sulfide) groups is 1. The van der Waals surface area contributed by atoms with Crippen molar-refractivity contribution < 1.29 is 4.79 Å². The van der Waals surface area contributed by atoms with Crippen LogP contribution in [-0.2, 0) is 11.8 Å². The second-order valence-electron chi connectivity index (χ2n) is 6.08. The first kappa shape index (κ1) is 17.4. The molecule has 1 amide bonds. The Labute approximate surface area is 161 Å². The van der Waals surface area contributed by atoms with Crippen LogP contribution in [0.4, 0.5) is 0 Å². The van der Waals surface area contributed by atoms with Crippen molar-refractivity contribution in [1.29, 1.82) is 0 Å². The molecule has 0 atom stereocenters. The van der Waals surface area contributed by atoms with Crippen LogP contribution in [0.2, 0.25) is 0 Å². The Bertz CT molecular complexity index is 970. The van der Waals surface area contributed by atoms with Gasteiger partial charge in [-0.05, 0) is 17.7 Å². The van der Waals surface area contributed by atoms with Crippen molar-refractivity contribution in [1.82, 2.24) is 24.8 Å². The van der Waals surface area contributed by atoms with Crippen LogP contribution in [0.5, 0.6) is 0 Å². The topological polar surface area (TPSA) is 76.3 Å². The minimum Gasteiger partial charge on any atom is -0.305 e. The number of amides is 1. The lowest BCUT2D eigenvalue weighted by Crippen LogP contribution is -2.25. The van der Waals surface area contributed by atoms with Crippen molar-refractivity contribution in [3.63, 3.8) is 0 Å². The van der Waals surface area contributed by atoms with E-state index in [2.05, 4.69) is 20.3 Å². The van der Waals surface area contributed by atoms with E-state index < -0.39 is 0 Å². The SMILES string of the molecule is Cn1c(SCC(=O)N2CCC(c3ccccc3)=N2)nnc1-c1cccnc1. The van der Waals surface area contributed by atoms with Crippen LogP contribution in [0.25, 0.3) is 11.4 Å². The summed E-state index contributed by atoms with van der Waals surface area (Å²) in [6.07, 6.45) is 4.23. The standard InChI is InChI=1S/C19H18N6OS/c1-24-18(15-8-5-10-20-12-15)21-22-19(24)27-13-17(26)25-11-9-16(23-25)14-6-3-2-4-7-14/h2-8,10,12H,9,11,13H2,1H3. The fourth-order valence-corrected chi connectivity index (χ4v) is 3.64. The summed E-state index contributed by atoms with van der Waals surface area (Å²) in [7, 11) is 1.89. The molecular weight excluding hydrogens is 360 g/mol. The summed E-state index contributed by atoms with van der Waals surface area (Å²) >= 11 is 1.36. The molecule has 27 heavy (non-hydrogen) atoms. The molecule has 0 N–H and O–H groups in total. The van der Waals surface area contributed by atoms with Gasteiger partial charge in [-0.1, -0.05) is 42.1 Å². The van der Waals surface area contributed by atoms with E-state index >= 15 is 0 Å². The first-order chi connectivity index (χ1) is 13.2. The summed E-state index contributed by atoms with van der Waals surface area (Å²) in [5, 5.41) is 15.1. The average Bonchev–Trinajstić information content (AvgIpc) is 3.35. The lowest BCUT2D eigenvalue weighted by molar-refractivity contribution is -0.127. The Balaban J connectivity index is 1.40. The Morgan fingerprint density at radius 3 is 2.70 bits per heavy atom. The number of hydrogen-bond donors (Lipinski definition) is 0. The van der Waals surface area contributed by atoms with Gasteiger partial charge in [0.2, 0.25) is 0 Å². The van der Waals surface area contributed by atoms with Crippen molar-refractivity contribution in [2.45, 2.75) is 11.6 Å². The summed E-state index contributed by atoms with van der Waals surface area (Å²) in [6.45, 7) is 0.614. The highest BCUT2D eigenvalue weighted by Crippen LogP contribution is 2.23. The van der Waals surface area contributed by atoms with Gasteiger partial charge in [0, 0.05) is 31.4 Å². The molecule has 1 aliphatic heterocycles. The summed E-state index contributed by atoms with van der Waals surface area (Å²) < 4.78 is 1.87. The fourth-order valence-electron chi connectivity index (χ4n) is 2.86. The number of aromatic nitrogens is 4. The zero-order chi connectivity index (χ0) is 18.6. The number of benzene rings is 1. The van der Waals surface area contributed by atoms with Gasteiger partial charge < -0.3 is 4.57 Å². The van der Waals surface area contributed by atoms with Crippen molar-refractivity contribution in [2.75, 3.05) is 12.3 Å². The molecule has 0 unspecified atom stereocenters. The molecule has 3 heterocycles. The van der Waals surface area contributed by atoms with E-state index in [1.165, 1.54) is 11.8 Å². The molecule has 0 saturated heterocycles. The van der Waals surface area contributed by atoms with Crippen LogP contribution in [0.1, 0.15) is 12.0 Å². The molecule has 2 aromatic heterocycles. The maximum Gasteiger partial charge on any atom is 0.253 e. The summed E-state index contributed by atoms with van der Waals surface area (Å²) in [5.41, 5.74) is 2.91. The van der Waals surface area contributed by atoms with Gasteiger partial charge in [-0.3, -0.25) is 9.78 Å². The number of rotatable bonds is 5. The minimum absolute atomic E-state index is 0.0307. The molecule has 7 nitrogen and oxygen atoms in total. The second-order valence-corrected chi connectivity index (χ2v) is 7.02. The molecule has 4 rings (SSSR count). The van der Waals surface area contributed by atoms with Gasteiger partial charge in [-0.25, -0.2) is 5.01 Å². The number of carbonyl (C=O) groups excluding carboxylic acids is 1. The van der Waals surface area contributed by atoms with Crippen LogP contribution in [0.15, 0.2) is 65.1 Å². The zero-order valence-corrected chi connectivity index (χ0v) is 15.6. The van der Waals surface area contributed by atoms with Gasteiger partial charge in [-0.15, -0.1) is 10.2 Å². The predicted molar refractivity (Wildman–Crippen MR) is 104 cm³/mol. The largest absolute Gasteiger partial charge is 0.305 e. The van der Waals surface area contributed by atoms with E-state index in [0.29, 0.717) is 11.7 Å². The van der Waals surface area contributed by atoms with Crippen molar-refractivity contribution in [3.05, 3.63) is 60.4 Å². The van der Waals surface area contributed by atoms with Gasteiger partial charge in [0.05, 0.1) is 18.0 Å². The summed E-state index contributed by atoms with van der Waals surface area (Å²) in [4.78, 5) is 16.6. The number of nitrogens with zero attached hydrogens (tertiary/aromatic N) is 6. The third-order valence-electron chi connectivity index (χ3n) is 4.28. The molecule has 8 heteroatoms. The quantitative estimate of drug-likeness (QED) is 0.638. The lowest BCUT2D eigenvalue weighted by atomic mass is 10.1. The third kappa shape index (κ3) is 3.75. The smallest absolute Gasteiger partial charge is 0.253 e. The van der Waals surface area contributed by atoms with Gasteiger partial charge in [0.15, 0.2) is 11.0 Å². The molecule has 0 bridgehead atoms. The normalized spacial score (nSPS) is 13.7. The minimum atomic E-state index is -0.0307. The van der Waals surface area contributed by atoms with Crippen molar-refractivity contribution in [3.8, 4) is 11.4 Å². The van der Waals surface area contributed by atoms with E-state index in [0.717, 1.165) is 29.1 Å². The van der Waals surface area contributed by atoms with Gasteiger partial charge in [-0.2, -0.15) is 5.10 Å². The van der Waals surface area contributed by atoms with E-state index in [1.54, 1.807) is 17.4 Å². The molecule has 3 aromatic rings. The van der Waals surface area contributed by atoms with Crippen molar-refractivity contribution in [2.24, 2.45) is 12.1 Å². The highest BCUT2D eigenvalue weighted by atomic mass is 32.2. The molecule has 1 aromatic carbocycles. The van der Waals surface area contributed by atoms with Gasteiger partial charge >= 0.3 is 0 Å². The van der Waals surface area contributed by atoms with Gasteiger partial charge in [0.25, 0.3) is 5.91 Å². The second kappa shape index (κ2) is 7.71. The van der Waals surface area contributed by atoms with E-state index in [-0.39, 0.29) is 11.7 Å². The monoisotopic (exact) mass is 378 g/mol. The number of carbonyl (C=O) groups is 1. The summed E-state index contributed by atoms with van der Waals surface area (Å²) in [6, 6.07) is 13.7. The van der Waals surface area contributed by atoms with Gasteiger partial charge in [0.1, 0.15) is 0 Å². The third-order valence-corrected chi connectivity index (χ3v) is 5.28. The first-order valence-electron chi connectivity index (χ1n) is 8.58. The Morgan fingerprint density at radius 1 is 1.11 bits per heavy atom. The highest BCUT2D eigenvalue weighted by molar-refractivity contribution is 7.99. The number of hydrogen-bond acceptors (Lipinski definition) is 6. The van der Waals surface area contributed by atoms with Crippen LogP contribution < -0.4 is 0 Å². The molecular formula is C19H18N6OS. The predicted octanol–water partition coefficient (Wildman–Crippen LogP) is 2.61.